The van der Waals surface area contributed by atoms with E-state index in [1.165, 1.54) is 0 Å². The highest BCUT2D eigenvalue weighted by Crippen LogP contribution is 2.29. The molecule has 18 heavy (non-hydrogen) atoms. The monoisotopic (exact) mass is 264 g/mol. The van der Waals surface area contributed by atoms with E-state index in [1.807, 2.05) is 19.9 Å². The van der Waals surface area contributed by atoms with Gasteiger partial charge in [0.15, 0.2) is 11.0 Å². The number of furan rings is 1. The molecule has 1 heterocycles. The van der Waals surface area contributed by atoms with Gasteiger partial charge in [0, 0.05) is 0 Å². The summed E-state index contributed by atoms with van der Waals surface area (Å²) in [5.74, 6) is 0.552. The van der Waals surface area contributed by atoms with Crippen LogP contribution in [0, 0.1) is 13.8 Å². The maximum Gasteiger partial charge on any atom is 0.231 e. The molecule has 0 radical (unpaired) electrons. The van der Waals surface area contributed by atoms with Crippen molar-refractivity contribution >= 4 is 17.4 Å². The molecule has 3 nitrogen and oxygen atoms in total. The van der Waals surface area contributed by atoms with Crippen molar-refractivity contribution in [2.24, 2.45) is 0 Å². The molecule has 1 aromatic carbocycles. The number of methoxy groups -OCH3 is 1. The van der Waals surface area contributed by atoms with Crippen LogP contribution in [0.25, 0.3) is 0 Å². The van der Waals surface area contributed by atoms with Gasteiger partial charge in [-0.3, -0.25) is 4.79 Å². The quantitative estimate of drug-likeness (QED) is 0.792. The molecule has 0 saturated heterocycles. The molecule has 0 unspecified atom stereocenters. The summed E-state index contributed by atoms with van der Waals surface area (Å²) in [4.78, 5) is 12.3. The van der Waals surface area contributed by atoms with Crippen LogP contribution in [-0.2, 0) is 0 Å². The van der Waals surface area contributed by atoms with Gasteiger partial charge in [-0.05, 0) is 54.8 Å². The number of benzene rings is 1. The summed E-state index contributed by atoms with van der Waals surface area (Å²) < 4.78 is 10.4. The molecule has 0 atom stereocenters. The third kappa shape index (κ3) is 2.14. The molecule has 0 bridgehead atoms. The highest BCUT2D eigenvalue weighted by atomic mass is 35.5. The number of hydrogen-bond donors (Lipinski definition) is 0. The first kappa shape index (κ1) is 12.7. The molecule has 4 heteroatoms. The molecule has 0 amide bonds. The predicted octanol–water partition coefficient (Wildman–Crippen LogP) is 3.79. The van der Waals surface area contributed by atoms with Gasteiger partial charge in [0.2, 0.25) is 5.78 Å². The molecule has 2 rings (SSSR count). The lowest BCUT2D eigenvalue weighted by Gasteiger charge is -2.11. The van der Waals surface area contributed by atoms with Gasteiger partial charge in [0.1, 0.15) is 5.75 Å². The number of rotatable bonds is 3. The first-order valence-electron chi connectivity index (χ1n) is 5.49. The lowest BCUT2D eigenvalue weighted by Crippen LogP contribution is -2.05. The Morgan fingerprint density at radius 3 is 2.50 bits per heavy atom. The first-order chi connectivity index (χ1) is 8.54. The largest absolute Gasteiger partial charge is 0.496 e. The van der Waals surface area contributed by atoms with Gasteiger partial charge in [0.25, 0.3) is 0 Å². The summed E-state index contributed by atoms with van der Waals surface area (Å²) in [5, 5.41) is 0.196. The van der Waals surface area contributed by atoms with Crippen LogP contribution in [-0.4, -0.2) is 12.9 Å². The Hall–Kier alpha value is -1.74. The maximum atomic E-state index is 12.3. The van der Waals surface area contributed by atoms with Crippen molar-refractivity contribution in [1.29, 1.82) is 0 Å². The van der Waals surface area contributed by atoms with E-state index < -0.39 is 0 Å². The minimum atomic E-state index is -0.234. The minimum absolute atomic E-state index is 0.196. The Balaban J connectivity index is 2.51. The second-order valence-electron chi connectivity index (χ2n) is 4.02. The Morgan fingerprint density at radius 2 is 1.94 bits per heavy atom. The molecular weight excluding hydrogens is 252 g/mol. The number of hydrogen-bond acceptors (Lipinski definition) is 3. The predicted molar refractivity (Wildman–Crippen MR) is 69.6 cm³/mol. The molecule has 0 aliphatic heterocycles. The van der Waals surface area contributed by atoms with E-state index in [-0.39, 0.29) is 16.8 Å². The topological polar surface area (TPSA) is 39.4 Å². The standard InChI is InChI=1S/C14H13ClO3/c1-8-4-5-10(14(17-3)9(8)2)13(16)11-6-7-12(15)18-11/h4-7H,1-3H3. The number of aryl methyl sites for hydroxylation is 1. The van der Waals surface area contributed by atoms with Crippen molar-refractivity contribution in [2.75, 3.05) is 7.11 Å². The van der Waals surface area contributed by atoms with Crippen LogP contribution in [0.15, 0.2) is 28.7 Å². The Bertz CT molecular complexity index is 599. The van der Waals surface area contributed by atoms with Crippen molar-refractivity contribution in [3.8, 4) is 5.75 Å². The van der Waals surface area contributed by atoms with Crippen LogP contribution >= 0.6 is 11.6 Å². The zero-order valence-corrected chi connectivity index (χ0v) is 11.2. The van der Waals surface area contributed by atoms with Crippen molar-refractivity contribution < 1.29 is 13.9 Å². The summed E-state index contributed by atoms with van der Waals surface area (Å²) in [7, 11) is 1.55. The molecule has 0 aliphatic rings. The molecular formula is C14H13ClO3. The number of carbonyl (C=O) groups excluding carboxylic acids is 1. The number of halogens is 1. The summed E-state index contributed by atoms with van der Waals surface area (Å²) in [6.07, 6.45) is 0. The van der Waals surface area contributed by atoms with E-state index in [0.717, 1.165) is 11.1 Å². The lowest BCUT2D eigenvalue weighted by atomic mass is 10.0. The molecule has 0 N–H and O–H groups in total. The smallest absolute Gasteiger partial charge is 0.231 e. The fourth-order valence-corrected chi connectivity index (χ4v) is 1.95. The number of ether oxygens (including phenoxy) is 1. The molecule has 0 saturated carbocycles. The van der Waals surface area contributed by atoms with Crippen LogP contribution in [0.4, 0.5) is 0 Å². The van der Waals surface area contributed by atoms with Crippen LogP contribution in [0.2, 0.25) is 5.22 Å². The van der Waals surface area contributed by atoms with Gasteiger partial charge in [-0.25, -0.2) is 0 Å². The number of ketones is 1. The molecule has 0 fully saturated rings. The zero-order valence-electron chi connectivity index (χ0n) is 10.4. The summed E-state index contributed by atoms with van der Waals surface area (Å²) in [6.45, 7) is 3.88. The number of carbonyl (C=O) groups is 1. The molecule has 1 aromatic heterocycles. The molecule has 0 spiro atoms. The van der Waals surface area contributed by atoms with E-state index in [0.29, 0.717) is 11.3 Å². The van der Waals surface area contributed by atoms with Gasteiger partial charge in [-0.2, -0.15) is 0 Å². The Labute approximate surface area is 110 Å². The fourth-order valence-electron chi connectivity index (χ4n) is 1.80. The minimum Gasteiger partial charge on any atom is -0.496 e. The van der Waals surface area contributed by atoms with Crippen LogP contribution in [0.5, 0.6) is 5.75 Å². The van der Waals surface area contributed by atoms with Gasteiger partial charge in [0.05, 0.1) is 12.7 Å². The van der Waals surface area contributed by atoms with E-state index in [1.54, 1.807) is 25.3 Å². The van der Waals surface area contributed by atoms with Crippen LogP contribution < -0.4 is 4.74 Å². The van der Waals surface area contributed by atoms with Gasteiger partial charge in [-0.15, -0.1) is 0 Å². The summed E-state index contributed by atoms with van der Waals surface area (Å²) in [5.41, 5.74) is 2.49. The highest BCUT2D eigenvalue weighted by molar-refractivity contribution is 6.29. The average Bonchev–Trinajstić information content (AvgIpc) is 2.78. The summed E-state index contributed by atoms with van der Waals surface area (Å²) >= 11 is 5.67. The van der Waals surface area contributed by atoms with Gasteiger partial charge in [-0.1, -0.05) is 6.07 Å². The van der Waals surface area contributed by atoms with Crippen LogP contribution in [0.1, 0.15) is 27.2 Å². The molecule has 0 aliphatic carbocycles. The Kier molecular flexibility index (Phi) is 3.43. The van der Waals surface area contributed by atoms with E-state index in [2.05, 4.69) is 0 Å². The highest BCUT2D eigenvalue weighted by Gasteiger charge is 2.19. The van der Waals surface area contributed by atoms with Crippen molar-refractivity contribution in [3.05, 3.63) is 51.9 Å². The van der Waals surface area contributed by atoms with Crippen molar-refractivity contribution in [1.82, 2.24) is 0 Å². The normalized spacial score (nSPS) is 10.4. The zero-order chi connectivity index (χ0) is 13.3. The first-order valence-corrected chi connectivity index (χ1v) is 5.86. The average molecular weight is 265 g/mol. The van der Waals surface area contributed by atoms with Crippen LogP contribution in [0.3, 0.4) is 0 Å². The third-order valence-electron chi connectivity index (χ3n) is 2.92. The SMILES string of the molecule is COc1c(C(=O)c2ccc(Cl)o2)ccc(C)c1C. The van der Waals surface area contributed by atoms with Crippen molar-refractivity contribution in [2.45, 2.75) is 13.8 Å². The van der Waals surface area contributed by atoms with E-state index in [4.69, 9.17) is 20.8 Å². The lowest BCUT2D eigenvalue weighted by molar-refractivity contribution is 0.101. The van der Waals surface area contributed by atoms with E-state index in [9.17, 15) is 4.79 Å². The maximum absolute atomic E-state index is 12.3. The van der Waals surface area contributed by atoms with Gasteiger partial charge >= 0.3 is 0 Å². The van der Waals surface area contributed by atoms with E-state index >= 15 is 0 Å². The Morgan fingerprint density at radius 1 is 1.22 bits per heavy atom. The third-order valence-corrected chi connectivity index (χ3v) is 3.13. The summed E-state index contributed by atoms with van der Waals surface area (Å²) in [6, 6.07) is 6.72. The van der Waals surface area contributed by atoms with Crippen molar-refractivity contribution in [3.63, 3.8) is 0 Å². The second kappa shape index (κ2) is 4.86. The second-order valence-corrected chi connectivity index (χ2v) is 4.39. The molecule has 94 valence electrons. The van der Waals surface area contributed by atoms with Gasteiger partial charge < -0.3 is 9.15 Å². The molecule has 2 aromatic rings. The fraction of sp³-hybridized carbons (Fsp3) is 0.214.